The summed E-state index contributed by atoms with van der Waals surface area (Å²) in [5.41, 5.74) is 1.71. The molecule has 12 heavy (non-hydrogen) atoms. The second-order valence-electron chi connectivity index (χ2n) is 2.80. The lowest BCUT2D eigenvalue weighted by Crippen LogP contribution is -2.06. The first-order valence-electron chi connectivity index (χ1n) is 3.76. The van der Waals surface area contributed by atoms with E-state index in [0.717, 1.165) is 11.1 Å². The van der Waals surface area contributed by atoms with Gasteiger partial charge in [0.15, 0.2) is 0 Å². The number of carbonyl (C=O) groups is 1. The number of hydrogen-bond acceptors (Lipinski definition) is 1. The van der Waals surface area contributed by atoms with Crippen molar-refractivity contribution in [1.82, 2.24) is 0 Å². The van der Waals surface area contributed by atoms with E-state index in [4.69, 9.17) is 5.11 Å². The maximum atomic E-state index is 10.6. The fourth-order valence-electron chi connectivity index (χ4n) is 0.949. The van der Waals surface area contributed by atoms with Gasteiger partial charge in [0, 0.05) is 0 Å². The Balaban J connectivity index is 2.89. The van der Waals surface area contributed by atoms with Crippen molar-refractivity contribution < 1.29 is 9.90 Å². The number of carboxylic acids is 1. The van der Waals surface area contributed by atoms with Crippen LogP contribution in [0.1, 0.15) is 24.0 Å². The number of carboxylic acid groups (broad SMARTS) is 1. The van der Waals surface area contributed by atoms with Gasteiger partial charge in [0.1, 0.15) is 0 Å². The summed E-state index contributed by atoms with van der Waals surface area (Å²) in [6.45, 7) is 5.39. The van der Waals surface area contributed by atoms with Gasteiger partial charge in [-0.05, 0) is 25.0 Å². The highest BCUT2D eigenvalue weighted by atomic mass is 16.4. The third kappa shape index (κ3) is 1.84. The molecular formula is C10H11O2. The Morgan fingerprint density at radius 1 is 1.42 bits per heavy atom. The Bertz CT molecular complexity index is 274. The van der Waals surface area contributed by atoms with Gasteiger partial charge in [-0.25, -0.2) is 0 Å². The third-order valence-electron chi connectivity index (χ3n) is 1.85. The normalized spacial score (nSPS) is 12.5. The Morgan fingerprint density at radius 2 is 1.92 bits per heavy atom. The number of aliphatic carboxylic acids is 1. The van der Waals surface area contributed by atoms with E-state index < -0.39 is 11.9 Å². The molecular weight excluding hydrogens is 152 g/mol. The van der Waals surface area contributed by atoms with E-state index in [1.165, 1.54) is 0 Å². The molecule has 63 valence electrons. The molecule has 0 heterocycles. The molecule has 2 heteroatoms. The maximum absolute atomic E-state index is 10.6. The van der Waals surface area contributed by atoms with Crippen LogP contribution in [-0.2, 0) is 4.79 Å². The maximum Gasteiger partial charge on any atom is 0.310 e. The predicted molar refractivity (Wildman–Crippen MR) is 47.0 cm³/mol. The van der Waals surface area contributed by atoms with Crippen LogP contribution in [0, 0.1) is 6.92 Å². The summed E-state index contributed by atoms with van der Waals surface area (Å²) in [6.07, 6.45) is 0. The monoisotopic (exact) mass is 163 g/mol. The molecule has 2 nitrogen and oxygen atoms in total. The first kappa shape index (κ1) is 8.78. The van der Waals surface area contributed by atoms with Crippen molar-refractivity contribution in [1.29, 1.82) is 0 Å². The quantitative estimate of drug-likeness (QED) is 0.724. The fourth-order valence-corrected chi connectivity index (χ4v) is 0.949. The van der Waals surface area contributed by atoms with Gasteiger partial charge in [0.25, 0.3) is 0 Å². The van der Waals surface area contributed by atoms with Gasteiger partial charge >= 0.3 is 5.97 Å². The molecule has 1 rings (SSSR count). The lowest BCUT2D eigenvalue weighted by atomic mass is 10.0. The van der Waals surface area contributed by atoms with Gasteiger partial charge in [-0.1, -0.05) is 24.3 Å². The Morgan fingerprint density at radius 3 is 2.33 bits per heavy atom. The van der Waals surface area contributed by atoms with Crippen molar-refractivity contribution in [3.63, 3.8) is 0 Å². The Hall–Kier alpha value is -1.31. The van der Waals surface area contributed by atoms with Crippen molar-refractivity contribution in [2.75, 3.05) is 0 Å². The van der Waals surface area contributed by atoms with E-state index in [9.17, 15) is 4.79 Å². The zero-order chi connectivity index (χ0) is 9.14. The van der Waals surface area contributed by atoms with Gasteiger partial charge < -0.3 is 5.11 Å². The minimum Gasteiger partial charge on any atom is -0.481 e. The van der Waals surface area contributed by atoms with Crippen LogP contribution in [0.3, 0.4) is 0 Å². The molecule has 0 saturated heterocycles. The first-order chi connectivity index (χ1) is 5.61. The zero-order valence-corrected chi connectivity index (χ0v) is 6.95. The number of benzene rings is 1. The van der Waals surface area contributed by atoms with Crippen molar-refractivity contribution >= 4 is 5.97 Å². The second-order valence-corrected chi connectivity index (χ2v) is 2.80. The molecule has 0 aromatic heterocycles. The van der Waals surface area contributed by atoms with Gasteiger partial charge in [-0.15, -0.1) is 0 Å². The van der Waals surface area contributed by atoms with Gasteiger partial charge in [-0.3, -0.25) is 4.79 Å². The molecule has 1 unspecified atom stereocenters. The van der Waals surface area contributed by atoms with Crippen LogP contribution in [0.2, 0.25) is 0 Å². The van der Waals surface area contributed by atoms with E-state index in [1.807, 2.05) is 12.1 Å². The second kappa shape index (κ2) is 3.39. The smallest absolute Gasteiger partial charge is 0.310 e. The highest BCUT2D eigenvalue weighted by molar-refractivity contribution is 5.75. The fraction of sp³-hybridized carbons (Fsp3) is 0.200. The van der Waals surface area contributed by atoms with Crippen LogP contribution in [0.5, 0.6) is 0 Å². The minimum absolute atomic E-state index is 0.439. The van der Waals surface area contributed by atoms with Crippen molar-refractivity contribution in [3.05, 3.63) is 42.3 Å². The van der Waals surface area contributed by atoms with Gasteiger partial charge in [0.2, 0.25) is 0 Å². The molecule has 0 amide bonds. The Labute approximate surface area is 71.8 Å². The molecule has 0 spiro atoms. The molecule has 0 aliphatic carbocycles. The molecule has 0 aliphatic rings. The van der Waals surface area contributed by atoms with Crippen LogP contribution < -0.4 is 0 Å². The first-order valence-corrected chi connectivity index (χ1v) is 3.76. The van der Waals surface area contributed by atoms with E-state index in [1.54, 1.807) is 19.1 Å². The topological polar surface area (TPSA) is 37.3 Å². The van der Waals surface area contributed by atoms with Crippen LogP contribution in [-0.4, -0.2) is 11.1 Å². The molecule has 0 saturated carbocycles. The van der Waals surface area contributed by atoms with Crippen LogP contribution in [0.4, 0.5) is 0 Å². The molecule has 1 radical (unpaired) electrons. The summed E-state index contributed by atoms with van der Waals surface area (Å²) >= 11 is 0. The van der Waals surface area contributed by atoms with Crippen LogP contribution in [0.15, 0.2) is 24.3 Å². The van der Waals surface area contributed by atoms with E-state index in [0.29, 0.717) is 0 Å². The summed E-state index contributed by atoms with van der Waals surface area (Å²) < 4.78 is 0. The molecule has 1 N–H and O–H groups in total. The molecule has 1 aromatic rings. The summed E-state index contributed by atoms with van der Waals surface area (Å²) in [5.74, 6) is -1.24. The average molecular weight is 163 g/mol. The third-order valence-corrected chi connectivity index (χ3v) is 1.85. The van der Waals surface area contributed by atoms with E-state index in [2.05, 4.69) is 6.92 Å². The van der Waals surface area contributed by atoms with Crippen LogP contribution in [0.25, 0.3) is 0 Å². The molecule has 0 bridgehead atoms. The average Bonchev–Trinajstić information content (AvgIpc) is 2.04. The molecule has 1 atom stereocenters. The lowest BCUT2D eigenvalue weighted by molar-refractivity contribution is -0.138. The highest BCUT2D eigenvalue weighted by Gasteiger charge is 2.12. The zero-order valence-electron chi connectivity index (χ0n) is 6.95. The van der Waals surface area contributed by atoms with Crippen LogP contribution >= 0.6 is 0 Å². The minimum atomic E-state index is -0.799. The SMILES string of the molecule is [CH2]c1ccc(C(C)C(=O)O)cc1. The van der Waals surface area contributed by atoms with Gasteiger partial charge in [0.05, 0.1) is 5.92 Å². The lowest BCUT2D eigenvalue weighted by Gasteiger charge is -2.05. The largest absolute Gasteiger partial charge is 0.481 e. The summed E-state index contributed by atoms with van der Waals surface area (Å²) in [5, 5.41) is 8.69. The van der Waals surface area contributed by atoms with Crippen molar-refractivity contribution in [2.45, 2.75) is 12.8 Å². The van der Waals surface area contributed by atoms with E-state index >= 15 is 0 Å². The highest BCUT2D eigenvalue weighted by Crippen LogP contribution is 2.15. The summed E-state index contributed by atoms with van der Waals surface area (Å²) in [6, 6.07) is 7.21. The van der Waals surface area contributed by atoms with Crippen molar-refractivity contribution in [3.8, 4) is 0 Å². The number of hydrogen-bond donors (Lipinski definition) is 1. The molecule has 0 aliphatic heterocycles. The predicted octanol–water partition coefficient (Wildman–Crippen LogP) is 2.06. The van der Waals surface area contributed by atoms with Crippen molar-refractivity contribution in [2.24, 2.45) is 0 Å². The molecule has 1 aromatic carbocycles. The number of rotatable bonds is 2. The standard InChI is InChI=1S/C10H11O2/c1-7-3-5-9(6-4-7)8(2)10(11)12/h3-6,8H,1H2,2H3,(H,11,12). The molecule has 0 fully saturated rings. The van der Waals surface area contributed by atoms with E-state index in [-0.39, 0.29) is 0 Å². The summed E-state index contributed by atoms with van der Waals surface area (Å²) in [4.78, 5) is 10.6. The Kier molecular flexibility index (Phi) is 2.48. The summed E-state index contributed by atoms with van der Waals surface area (Å²) in [7, 11) is 0. The van der Waals surface area contributed by atoms with Gasteiger partial charge in [-0.2, -0.15) is 0 Å².